The number of nitrogens with one attached hydrogen (secondary N) is 3. The number of benzene rings is 2. The van der Waals surface area contributed by atoms with Gasteiger partial charge in [-0.1, -0.05) is 12.1 Å². The van der Waals surface area contributed by atoms with Crippen LogP contribution in [0, 0.1) is 0 Å². The molecule has 0 aromatic heterocycles. The van der Waals surface area contributed by atoms with E-state index in [1.807, 2.05) is 13.1 Å². The Morgan fingerprint density at radius 2 is 1.68 bits per heavy atom. The molecule has 0 unspecified atom stereocenters. The lowest BCUT2D eigenvalue weighted by molar-refractivity contribution is -0.118. The molecule has 28 heavy (non-hydrogen) atoms. The van der Waals surface area contributed by atoms with Gasteiger partial charge in [-0.15, -0.1) is 0 Å². The maximum Gasteiger partial charge on any atom is 0.262 e. The second kappa shape index (κ2) is 10.8. The van der Waals surface area contributed by atoms with E-state index in [4.69, 9.17) is 14.2 Å². The minimum atomic E-state index is -0.347. The molecule has 0 aliphatic rings. The Morgan fingerprint density at radius 1 is 0.929 bits per heavy atom. The number of carbonyl (C=O) groups is 2. The van der Waals surface area contributed by atoms with Crippen LogP contribution in [0.1, 0.15) is 10.4 Å². The number of hydrogen-bond acceptors (Lipinski definition) is 6. The molecule has 150 valence electrons. The van der Waals surface area contributed by atoms with Crippen molar-refractivity contribution in [1.82, 2.24) is 10.6 Å². The van der Waals surface area contributed by atoms with E-state index in [0.29, 0.717) is 41.6 Å². The minimum Gasteiger partial charge on any atom is -0.495 e. The first-order valence-electron chi connectivity index (χ1n) is 8.75. The average Bonchev–Trinajstić information content (AvgIpc) is 2.72. The smallest absolute Gasteiger partial charge is 0.262 e. The predicted octanol–water partition coefficient (Wildman–Crippen LogP) is 1.67. The number of likely N-dealkylation sites (N-methyl/N-ethyl adjacent to an activating group) is 1. The van der Waals surface area contributed by atoms with E-state index < -0.39 is 0 Å². The molecule has 0 aliphatic carbocycles. The van der Waals surface area contributed by atoms with Gasteiger partial charge in [0.15, 0.2) is 18.1 Å². The molecule has 8 heteroatoms. The molecule has 2 amide bonds. The fraction of sp³-hybridized carbons (Fsp3) is 0.300. The van der Waals surface area contributed by atoms with Gasteiger partial charge in [0, 0.05) is 18.7 Å². The second-order valence-corrected chi connectivity index (χ2v) is 5.76. The number of hydrogen-bond donors (Lipinski definition) is 3. The van der Waals surface area contributed by atoms with Crippen molar-refractivity contribution in [3.63, 3.8) is 0 Å². The van der Waals surface area contributed by atoms with E-state index in [1.54, 1.807) is 36.4 Å². The molecule has 3 N–H and O–H groups in total. The van der Waals surface area contributed by atoms with Crippen molar-refractivity contribution in [3.8, 4) is 17.2 Å². The third kappa shape index (κ3) is 5.88. The van der Waals surface area contributed by atoms with E-state index in [0.717, 1.165) is 0 Å². The van der Waals surface area contributed by atoms with Crippen molar-refractivity contribution < 1.29 is 23.8 Å². The molecule has 2 aromatic carbocycles. The third-order valence-electron chi connectivity index (χ3n) is 3.83. The molecule has 0 fully saturated rings. The van der Waals surface area contributed by atoms with Gasteiger partial charge in [-0.25, -0.2) is 0 Å². The van der Waals surface area contributed by atoms with Gasteiger partial charge in [0.2, 0.25) is 0 Å². The Labute approximate surface area is 164 Å². The Kier molecular flexibility index (Phi) is 8.11. The maximum atomic E-state index is 12.2. The first-order chi connectivity index (χ1) is 13.6. The fourth-order valence-electron chi connectivity index (χ4n) is 2.41. The summed E-state index contributed by atoms with van der Waals surface area (Å²) in [5.41, 5.74) is 0.998. The molecule has 0 atom stereocenters. The van der Waals surface area contributed by atoms with Crippen molar-refractivity contribution in [1.29, 1.82) is 0 Å². The molecular formula is C20H25N3O5. The summed E-state index contributed by atoms with van der Waals surface area (Å²) >= 11 is 0. The highest BCUT2D eigenvalue weighted by Gasteiger charge is 2.13. The van der Waals surface area contributed by atoms with Crippen molar-refractivity contribution >= 4 is 17.5 Å². The van der Waals surface area contributed by atoms with Crippen LogP contribution in [0.15, 0.2) is 42.5 Å². The molecule has 0 heterocycles. The lowest BCUT2D eigenvalue weighted by Gasteiger charge is -2.13. The van der Waals surface area contributed by atoms with E-state index in [2.05, 4.69) is 16.0 Å². The van der Waals surface area contributed by atoms with Crippen LogP contribution < -0.4 is 30.2 Å². The van der Waals surface area contributed by atoms with Gasteiger partial charge in [0.05, 0.1) is 19.9 Å². The van der Waals surface area contributed by atoms with Gasteiger partial charge in [0.25, 0.3) is 11.8 Å². The number of ether oxygens (including phenoxy) is 3. The molecule has 0 bridgehead atoms. The van der Waals surface area contributed by atoms with Gasteiger partial charge < -0.3 is 30.2 Å². The van der Waals surface area contributed by atoms with Gasteiger partial charge in [-0.05, 0) is 37.4 Å². The van der Waals surface area contributed by atoms with Crippen molar-refractivity contribution in [2.45, 2.75) is 0 Å². The highest BCUT2D eigenvalue weighted by Crippen LogP contribution is 2.28. The van der Waals surface area contributed by atoms with E-state index in [1.165, 1.54) is 14.2 Å². The van der Waals surface area contributed by atoms with Gasteiger partial charge in [-0.3, -0.25) is 9.59 Å². The normalized spacial score (nSPS) is 10.1. The number of methoxy groups -OCH3 is 2. The SMILES string of the molecule is CNCCNC(=O)c1ccc(OCC(=O)Nc2ccccc2OC)c(OC)c1. The minimum absolute atomic E-state index is 0.214. The zero-order chi connectivity index (χ0) is 20.4. The van der Waals surface area contributed by atoms with Crippen LogP contribution in [0.2, 0.25) is 0 Å². The Morgan fingerprint density at radius 3 is 2.39 bits per heavy atom. The number of amides is 2. The Balaban J connectivity index is 1.97. The fourth-order valence-corrected chi connectivity index (χ4v) is 2.41. The lowest BCUT2D eigenvalue weighted by Crippen LogP contribution is -2.30. The summed E-state index contributed by atoms with van der Waals surface area (Å²) in [4.78, 5) is 24.3. The first kappa shape index (κ1) is 21.0. The highest BCUT2D eigenvalue weighted by atomic mass is 16.5. The average molecular weight is 387 g/mol. The van der Waals surface area contributed by atoms with Gasteiger partial charge in [-0.2, -0.15) is 0 Å². The quantitative estimate of drug-likeness (QED) is 0.537. The Bertz CT molecular complexity index is 810. The Hall–Kier alpha value is -3.26. The van der Waals surface area contributed by atoms with Crippen LogP contribution in [0.4, 0.5) is 5.69 Å². The summed E-state index contributed by atoms with van der Waals surface area (Å²) in [6, 6.07) is 11.9. The van der Waals surface area contributed by atoms with Crippen LogP contribution >= 0.6 is 0 Å². The molecule has 0 saturated carbocycles. The monoisotopic (exact) mass is 387 g/mol. The number of para-hydroxylation sites is 2. The summed E-state index contributed by atoms with van der Waals surface area (Å²) in [6.45, 7) is 0.965. The number of rotatable bonds is 10. The van der Waals surface area contributed by atoms with Crippen molar-refractivity contribution in [2.75, 3.05) is 46.3 Å². The maximum absolute atomic E-state index is 12.2. The van der Waals surface area contributed by atoms with Crippen LogP contribution in [0.5, 0.6) is 17.2 Å². The molecule has 2 rings (SSSR count). The predicted molar refractivity (Wildman–Crippen MR) is 106 cm³/mol. The molecule has 0 spiro atoms. The van der Waals surface area contributed by atoms with E-state index in [-0.39, 0.29) is 18.4 Å². The largest absolute Gasteiger partial charge is 0.495 e. The highest BCUT2D eigenvalue weighted by molar-refractivity contribution is 5.95. The zero-order valence-corrected chi connectivity index (χ0v) is 16.2. The second-order valence-electron chi connectivity index (χ2n) is 5.76. The van der Waals surface area contributed by atoms with E-state index >= 15 is 0 Å². The van der Waals surface area contributed by atoms with Crippen LogP contribution in [-0.4, -0.2) is 52.8 Å². The summed E-state index contributed by atoms with van der Waals surface area (Å²) in [5, 5.41) is 8.47. The molecule has 8 nitrogen and oxygen atoms in total. The molecule has 0 saturated heterocycles. The zero-order valence-electron chi connectivity index (χ0n) is 16.2. The van der Waals surface area contributed by atoms with E-state index in [9.17, 15) is 9.59 Å². The molecular weight excluding hydrogens is 362 g/mol. The number of anilines is 1. The lowest BCUT2D eigenvalue weighted by atomic mass is 10.2. The topological polar surface area (TPSA) is 97.9 Å². The standard InChI is InChI=1S/C20H25N3O5/c1-21-10-11-22-20(25)14-8-9-17(18(12-14)27-3)28-13-19(24)23-15-6-4-5-7-16(15)26-2/h4-9,12,21H,10-11,13H2,1-3H3,(H,22,25)(H,23,24). The van der Waals surface area contributed by atoms with Crippen molar-refractivity contribution in [2.24, 2.45) is 0 Å². The van der Waals surface area contributed by atoms with Gasteiger partial charge >= 0.3 is 0 Å². The summed E-state index contributed by atoms with van der Waals surface area (Å²) in [5.74, 6) is 0.729. The van der Waals surface area contributed by atoms with Crippen LogP contribution in [0.25, 0.3) is 0 Å². The molecule has 0 radical (unpaired) electrons. The summed E-state index contributed by atoms with van der Waals surface area (Å²) in [7, 11) is 4.81. The molecule has 2 aromatic rings. The molecule has 0 aliphatic heterocycles. The third-order valence-corrected chi connectivity index (χ3v) is 3.83. The summed E-state index contributed by atoms with van der Waals surface area (Å²) < 4.78 is 16.0. The van der Waals surface area contributed by atoms with Crippen molar-refractivity contribution in [3.05, 3.63) is 48.0 Å². The van der Waals surface area contributed by atoms with Crippen LogP contribution in [0.3, 0.4) is 0 Å². The van der Waals surface area contributed by atoms with Gasteiger partial charge in [0.1, 0.15) is 5.75 Å². The summed E-state index contributed by atoms with van der Waals surface area (Å²) in [6.07, 6.45) is 0. The number of carbonyl (C=O) groups excluding carboxylic acids is 2. The van der Waals surface area contributed by atoms with Crippen LogP contribution in [-0.2, 0) is 4.79 Å². The first-order valence-corrected chi connectivity index (χ1v) is 8.75.